The summed E-state index contributed by atoms with van der Waals surface area (Å²) in [6.07, 6.45) is -0.863. The SMILES string of the molecule is COC(=O)c1cccc2c1C(=O)C(c1ccccc1)C(c1ccc(C(OC)OC)cc1)N2.COC(OC)c1ccc(C2Nc3cccc4c(=O)[nH]nc(c34)C2c2ccccc2)cc1. The Morgan fingerprint density at radius 2 is 1.03 bits per heavy atom. The van der Waals surface area contributed by atoms with E-state index in [2.05, 4.69) is 45.1 Å². The smallest absolute Gasteiger partial charge is 0.338 e. The number of rotatable bonds is 11. The minimum atomic E-state index is -0.531. The highest BCUT2D eigenvalue weighted by Gasteiger charge is 2.40. The van der Waals surface area contributed by atoms with Gasteiger partial charge in [0.25, 0.3) is 5.56 Å². The fourth-order valence-electron chi connectivity index (χ4n) is 8.80. The molecule has 3 N–H and O–H groups in total. The Morgan fingerprint density at radius 1 is 0.540 bits per heavy atom. The molecule has 0 bridgehead atoms. The number of anilines is 2. The number of methoxy groups -OCH3 is 5. The maximum absolute atomic E-state index is 13.8. The van der Waals surface area contributed by atoms with Crippen LogP contribution in [0.1, 0.15) is 96.3 Å². The first kappa shape index (κ1) is 42.7. The van der Waals surface area contributed by atoms with Crippen molar-refractivity contribution >= 4 is 33.9 Å². The van der Waals surface area contributed by atoms with E-state index in [1.165, 1.54) is 7.11 Å². The molecule has 320 valence electrons. The first-order valence-corrected chi connectivity index (χ1v) is 20.5. The Kier molecular flexibility index (Phi) is 12.9. The second-order valence-corrected chi connectivity index (χ2v) is 15.2. The summed E-state index contributed by atoms with van der Waals surface area (Å²) in [7, 11) is 7.74. The number of esters is 1. The molecule has 0 fully saturated rings. The maximum atomic E-state index is 13.8. The predicted molar refractivity (Wildman–Crippen MR) is 241 cm³/mol. The van der Waals surface area contributed by atoms with E-state index in [0.717, 1.165) is 50.1 Å². The third-order valence-corrected chi connectivity index (χ3v) is 11.7. The normalized spacial score (nSPS) is 17.6. The number of ketones is 1. The number of carbonyl (C=O) groups is 2. The molecule has 0 saturated heterocycles. The zero-order valence-electron chi connectivity index (χ0n) is 35.5. The highest BCUT2D eigenvalue weighted by Crippen LogP contribution is 2.47. The zero-order chi connectivity index (χ0) is 44.0. The molecule has 1 aromatic heterocycles. The van der Waals surface area contributed by atoms with Crippen molar-refractivity contribution in [1.82, 2.24) is 10.2 Å². The van der Waals surface area contributed by atoms with E-state index in [4.69, 9.17) is 23.7 Å². The number of hydrogen-bond acceptors (Lipinski definition) is 11. The minimum absolute atomic E-state index is 0.0588. The molecule has 2 aliphatic rings. The molecular formula is C51H48N4O8. The molecule has 4 unspecified atom stereocenters. The lowest BCUT2D eigenvalue weighted by Crippen LogP contribution is -2.33. The van der Waals surface area contributed by atoms with E-state index in [1.807, 2.05) is 109 Å². The number of Topliss-reactive ketones (excluding diaryl/α,β-unsaturated/α-hetero) is 1. The van der Waals surface area contributed by atoms with Gasteiger partial charge in [0.15, 0.2) is 18.4 Å². The Bertz CT molecular complexity index is 2750. The molecule has 0 saturated carbocycles. The van der Waals surface area contributed by atoms with E-state index in [1.54, 1.807) is 40.6 Å². The Morgan fingerprint density at radius 3 is 1.57 bits per heavy atom. The monoisotopic (exact) mass is 844 g/mol. The van der Waals surface area contributed by atoms with Gasteiger partial charge in [-0.05, 0) is 46.5 Å². The molecule has 3 heterocycles. The molecular weight excluding hydrogens is 797 g/mol. The summed E-state index contributed by atoms with van der Waals surface area (Å²) in [6.45, 7) is 0. The van der Waals surface area contributed by atoms with Gasteiger partial charge in [-0.3, -0.25) is 9.59 Å². The molecule has 12 heteroatoms. The van der Waals surface area contributed by atoms with E-state index in [-0.39, 0.29) is 34.9 Å². The van der Waals surface area contributed by atoms with Crippen molar-refractivity contribution in [3.05, 3.63) is 206 Å². The van der Waals surface area contributed by atoms with Crippen LogP contribution in [0, 0.1) is 0 Å². The zero-order valence-corrected chi connectivity index (χ0v) is 35.5. The van der Waals surface area contributed by atoms with Gasteiger partial charge in [0.2, 0.25) is 0 Å². The fraction of sp³-hybridized carbons (Fsp3) is 0.216. The lowest BCUT2D eigenvalue weighted by Gasteiger charge is -2.35. The van der Waals surface area contributed by atoms with E-state index < -0.39 is 24.5 Å². The van der Waals surface area contributed by atoms with Gasteiger partial charge >= 0.3 is 5.97 Å². The van der Waals surface area contributed by atoms with Crippen molar-refractivity contribution in [3.8, 4) is 0 Å². The first-order valence-electron chi connectivity index (χ1n) is 20.5. The molecule has 0 aliphatic carbocycles. The molecule has 0 amide bonds. The molecule has 6 aromatic carbocycles. The molecule has 63 heavy (non-hydrogen) atoms. The molecule has 4 atom stereocenters. The number of nitrogens with zero attached hydrogens (tertiary/aromatic N) is 1. The van der Waals surface area contributed by atoms with Crippen LogP contribution in [-0.4, -0.2) is 57.5 Å². The molecule has 0 radical (unpaired) electrons. The first-order chi connectivity index (χ1) is 30.8. The van der Waals surface area contributed by atoms with Gasteiger partial charge in [-0.1, -0.05) is 121 Å². The standard InChI is InChI=1S/C26H25NO5.C25H23N3O3/c1-30-25(29)19-10-7-11-20-22(19)24(28)21(16-8-5-4-6-9-16)23(27-20)17-12-14-18(15-13-17)26(31-2)32-3;1-30-25(31-2)17-13-11-16(12-14-17)22-20(15-7-4-3-5-8-15)23-21-18(24(29)28-27-23)9-6-10-19(21)26-22/h4-15,21,23,26-27H,1-3H3;3-14,20,22,25-26H,1-2H3,(H,28,29). The Balaban J connectivity index is 0.000000173. The van der Waals surface area contributed by atoms with Crippen molar-refractivity contribution in [2.24, 2.45) is 0 Å². The van der Waals surface area contributed by atoms with Crippen LogP contribution in [0.2, 0.25) is 0 Å². The Hall–Kier alpha value is -6.96. The van der Waals surface area contributed by atoms with E-state index in [9.17, 15) is 14.4 Å². The van der Waals surface area contributed by atoms with Crippen molar-refractivity contribution in [2.45, 2.75) is 36.5 Å². The summed E-state index contributed by atoms with van der Waals surface area (Å²) in [5.41, 5.74) is 8.73. The predicted octanol–water partition coefficient (Wildman–Crippen LogP) is 9.41. The molecule has 2 aliphatic heterocycles. The topological polar surface area (TPSA) is 150 Å². The Labute approximate surface area is 365 Å². The van der Waals surface area contributed by atoms with Gasteiger partial charge in [0.05, 0.1) is 53.2 Å². The van der Waals surface area contributed by atoms with E-state index in [0.29, 0.717) is 16.6 Å². The quantitative estimate of drug-likeness (QED) is 0.0845. The third-order valence-electron chi connectivity index (χ3n) is 11.7. The van der Waals surface area contributed by atoms with Gasteiger partial charge < -0.3 is 34.3 Å². The number of aromatic nitrogens is 2. The van der Waals surface area contributed by atoms with Crippen molar-refractivity contribution < 1.29 is 33.3 Å². The van der Waals surface area contributed by atoms with Gasteiger partial charge in [-0.2, -0.15) is 5.10 Å². The number of carbonyl (C=O) groups excluding carboxylic acids is 2. The summed E-state index contributed by atoms with van der Waals surface area (Å²) in [6, 6.07) is 46.4. The molecule has 7 aromatic rings. The second kappa shape index (κ2) is 19.0. The van der Waals surface area contributed by atoms with Crippen molar-refractivity contribution in [2.75, 3.05) is 46.2 Å². The van der Waals surface area contributed by atoms with Gasteiger partial charge in [0, 0.05) is 56.3 Å². The summed E-state index contributed by atoms with van der Waals surface area (Å²) >= 11 is 0. The third kappa shape index (κ3) is 8.37. The van der Waals surface area contributed by atoms with Crippen LogP contribution in [0.3, 0.4) is 0 Å². The van der Waals surface area contributed by atoms with Crippen LogP contribution in [0.15, 0.2) is 150 Å². The van der Waals surface area contributed by atoms with Gasteiger partial charge in [-0.25, -0.2) is 9.89 Å². The highest BCUT2D eigenvalue weighted by molar-refractivity contribution is 6.14. The van der Waals surface area contributed by atoms with Crippen LogP contribution >= 0.6 is 0 Å². The second-order valence-electron chi connectivity index (χ2n) is 15.2. The maximum Gasteiger partial charge on any atom is 0.338 e. The van der Waals surface area contributed by atoms with Crippen LogP contribution in [0.4, 0.5) is 11.4 Å². The average molecular weight is 845 g/mol. The van der Waals surface area contributed by atoms with Crippen LogP contribution in [-0.2, 0) is 23.7 Å². The van der Waals surface area contributed by atoms with E-state index >= 15 is 0 Å². The lowest BCUT2D eigenvalue weighted by molar-refractivity contribution is -0.106. The average Bonchev–Trinajstić information content (AvgIpc) is 3.34. The van der Waals surface area contributed by atoms with Crippen molar-refractivity contribution in [1.29, 1.82) is 0 Å². The molecule has 0 spiro atoms. The fourth-order valence-corrected chi connectivity index (χ4v) is 8.80. The largest absolute Gasteiger partial charge is 0.465 e. The summed E-state index contributed by atoms with van der Waals surface area (Å²) < 4.78 is 26.3. The van der Waals surface area contributed by atoms with Gasteiger partial charge in [0.1, 0.15) is 0 Å². The molecule has 9 rings (SSSR count). The minimum Gasteiger partial charge on any atom is -0.465 e. The lowest BCUT2D eigenvalue weighted by atomic mass is 9.77. The van der Waals surface area contributed by atoms with Crippen molar-refractivity contribution in [3.63, 3.8) is 0 Å². The highest BCUT2D eigenvalue weighted by atomic mass is 16.7. The van der Waals surface area contributed by atoms with Crippen LogP contribution in [0.25, 0.3) is 10.8 Å². The number of fused-ring (bicyclic) bond motifs is 1. The molecule has 12 nitrogen and oxygen atoms in total. The number of ether oxygens (including phenoxy) is 5. The number of hydrogen-bond donors (Lipinski definition) is 3. The summed E-state index contributed by atoms with van der Waals surface area (Å²) in [5, 5.41) is 15.9. The number of aromatic amines is 1. The number of H-pyrrole nitrogens is 1. The summed E-state index contributed by atoms with van der Waals surface area (Å²) in [5.74, 6) is -1.23. The number of benzene rings is 6. The van der Waals surface area contributed by atoms with Crippen LogP contribution < -0.4 is 16.2 Å². The summed E-state index contributed by atoms with van der Waals surface area (Å²) in [4.78, 5) is 38.6. The number of nitrogens with one attached hydrogen (secondary N) is 3. The van der Waals surface area contributed by atoms with Gasteiger partial charge in [-0.15, -0.1) is 0 Å². The van der Waals surface area contributed by atoms with Crippen LogP contribution in [0.5, 0.6) is 0 Å².